The predicted molar refractivity (Wildman–Crippen MR) is 86.7 cm³/mol. The van der Waals surface area contributed by atoms with Crippen molar-refractivity contribution >= 4 is 28.5 Å². The number of fused-ring (bicyclic) bond motifs is 1. The summed E-state index contributed by atoms with van der Waals surface area (Å²) >= 11 is 1.04. The number of rotatable bonds is 5. The van der Waals surface area contributed by atoms with Crippen molar-refractivity contribution < 1.29 is 33.6 Å². The molecule has 0 unspecified atom stereocenters. The highest BCUT2D eigenvalue weighted by Gasteiger charge is 2.31. The van der Waals surface area contributed by atoms with E-state index < -0.39 is 17.7 Å². The number of ether oxygens (including phenoxy) is 4. The SMILES string of the molecule is CC(C)(Oc1ccc2c(c1)OCO2)C(=O)Nc1nc(OC(=O)O)cs1. The van der Waals surface area contributed by atoms with Gasteiger partial charge in [0, 0.05) is 6.07 Å². The molecule has 1 aliphatic heterocycles. The molecule has 0 spiro atoms. The standard InChI is InChI=1S/C15H14N2O7S/c1-15(2,24-8-3-4-9-10(5-8)22-7-21-9)12(18)17-13-16-11(6-25-13)23-14(19)20/h3-6H,7H2,1-2H3,(H,19,20)(H,16,17,18). The Morgan fingerprint density at radius 3 is 2.84 bits per heavy atom. The van der Waals surface area contributed by atoms with Gasteiger partial charge in [0.1, 0.15) is 5.75 Å². The molecule has 2 aromatic rings. The molecule has 2 heterocycles. The van der Waals surface area contributed by atoms with Crippen molar-refractivity contribution in [3.8, 4) is 23.1 Å². The molecular weight excluding hydrogens is 352 g/mol. The van der Waals surface area contributed by atoms with Crippen LogP contribution >= 0.6 is 11.3 Å². The van der Waals surface area contributed by atoms with Gasteiger partial charge in [-0.25, -0.2) is 4.79 Å². The van der Waals surface area contributed by atoms with E-state index in [0.29, 0.717) is 17.2 Å². The van der Waals surface area contributed by atoms with E-state index in [1.807, 2.05) is 0 Å². The average molecular weight is 366 g/mol. The number of thiazole rings is 1. The monoisotopic (exact) mass is 366 g/mol. The molecule has 1 aliphatic rings. The molecule has 25 heavy (non-hydrogen) atoms. The van der Waals surface area contributed by atoms with Crippen molar-refractivity contribution in [2.75, 3.05) is 12.1 Å². The van der Waals surface area contributed by atoms with Crippen LogP contribution in [0, 0.1) is 0 Å². The van der Waals surface area contributed by atoms with Crippen molar-refractivity contribution in [1.82, 2.24) is 4.98 Å². The van der Waals surface area contributed by atoms with Crippen LogP contribution in [0.4, 0.5) is 9.93 Å². The maximum Gasteiger partial charge on any atom is 0.512 e. The highest BCUT2D eigenvalue weighted by Crippen LogP contribution is 2.36. The Kier molecular flexibility index (Phi) is 4.36. The van der Waals surface area contributed by atoms with Crippen LogP contribution in [0.2, 0.25) is 0 Å². The summed E-state index contributed by atoms with van der Waals surface area (Å²) in [4.78, 5) is 26.7. The number of carbonyl (C=O) groups excluding carboxylic acids is 1. The summed E-state index contributed by atoms with van der Waals surface area (Å²) < 4.78 is 20.6. The number of nitrogens with one attached hydrogen (secondary N) is 1. The molecule has 0 bridgehead atoms. The number of hydrogen-bond donors (Lipinski definition) is 2. The molecule has 0 radical (unpaired) electrons. The maximum atomic E-state index is 12.4. The van der Waals surface area contributed by atoms with Crippen molar-refractivity contribution in [2.24, 2.45) is 0 Å². The van der Waals surface area contributed by atoms with E-state index in [0.717, 1.165) is 11.3 Å². The summed E-state index contributed by atoms with van der Waals surface area (Å²) in [7, 11) is 0. The highest BCUT2D eigenvalue weighted by molar-refractivity contribution is 7.14. The highest BCUT2D eigenvalue weighted by atomic mass is 32.1. The molecule has 2 N–H and O–H groups in total. The lowest BCUT2D eigenvalue weighted by atomic mass is 10.1. The lowest BCUT2D eigenvalue weighted by Gasteiger charge is -2.24. The van der Waals surface area contributed by atoms with Gasteiger partial charge in [-0.2, -0.15) is 4.98 Å². The summed E-state index contributed by atoms with van der Waals surface area (Å²) in [5.74, 6) is 1.04. The Labute approximate surface area is 146 Å². The van der Waals surface area contributed by atoms with Crippen LogP contribution < -0.4 is 24.3 Å². The second kappa shape index (κ2) is 6.48. The van der Waals surface area contributed by atoms with Gasteiger partial charge in [-0.1, -0.05) is 0 Å². The normalized spacial score (nSPS) is 12.6. The second-order valence-corrected chi connectivity index (χ2v) is 6.30. The molecule has 0 saturated carbocycles. The minimum absolute atomic E-state index is 0.109. The van der Waals surface area contributed by atoms with Gasteiger partial charge in [0.05, 0.1) is 5.38 Å². The number of anilines is 1. The minimum atomic E-state index is -1.48. The number of benzene rings is 1. The van der Waals surface area contributed by atoms with E-state index in [4.69, 9.17) is 19.3 Å². The zero-order valence-corrected chi connectivity index (χ0v) is 14.1. The zero-order chi connectivity index (χ0) is 18.0. The third kappa shape index (κ3) is 3.91. The van der Waals surface area contributed by atoms with Gasteiger partial charge in [-0.05, 0) is 26.0 Å². The molecule has 9 nitrogen and oxygen atoms in total. The molecule has 1 aromatic carbocycles. The second-order valence-electron chi connectivity index (χ2n) is 5.44. The molecule has 132 valence electrons. The average Bonchev–Trinajstić information content (AvgIpc) is 3.15. The van der Waals surface area contributed by atoms with Crippen LogP contribution in [0.15, 0.2) is 23.6 Å². The summed E-state index contributed by atoms with van der Waals surface area (Å²) in [6.07, 6.45) is -1.48. The molecule has 0 atom stereocenters. The first-order chi connectivity index (χ1) is 11.8. The third-order valence-corrected chi connectivity index (χ3v) is 3.90. The third-order valence-electron chi connectivity index (χ3n) is 3.16. The number of aromatic nitrogens is 1. The van der Waals surface area contributed by atoms with Gasteiger partial charge in [-0.15, -0.1) is 11.3 Å². The topological polar surface area (TPSA) is 116 Å². The molecule has 3 rings (SSSR count). The number of carbonyl (C=O) groups is 2. The molecule has 10 heteroatoms. The summed E-state index contributed by atoms with van der Waals surface area (Å²) in [5, 5.41) is 12.7. The molecular formula is C15H14N2O7S. The molecule has 0 aliphatic carbocycles. The van der Waals surface area contributed by atoms with Crippen molar-refractivity contribution in [1.29, 1.82) is 0 Å². The Balaban J connectivity index is 1.65. The minimum Gasteiger partial charge on any atom is -0.478 e. The Morgan fingerprint density at radius 1 is 1.32 bits per heavy atom. The van der Waals surface area contributed by atoms with E-state index >= 15 is 0 Å². The summed E-state index contributed by atoms with van der Waals surface area (Å²) in [6, 6.07) is 5.01. The van der Waals surface area contributed by atoms with E-state index in [1.165, 1.54) is 5.38 Å². The molecule has 1 aromatic heterocycles. The Hall–Kier alpha value is -3.01. The molecule has 1 amide bonds. The largest absolute Gasteiger partial charge is 0.512 e. The van der Waals surface area contributed by atoms with Gasteiger partial charge in [0.25, 0.3) is 5.91 Å². The van der Waals surface area contributed by atoms with Crippen LogP contribution in [-0.2, 0) is 4.79 Å². The van der Waals surface area contributed by atoms with Crippen LogP contribution in [0.1, 0.15) is 13.8 Å². The lowest BCUT2D eigenvalue weighted by molar-refractivity contribution is -0.128. The first-order valence-corrected chi connectivity index (χ1v) is 7.98. The van der Waals surface area contributed by atoms with E-state index in [2.05, 4.69) is 15.0 Å². The fraction of sp³-hybridized carbons (Fsp3) is 0.267. The van der Waals surface area contributed by atoms with Crippen LogP contribution in [0.5, 0.6) is 23.1 Å². The van der Waals surface area contributed by atoms with Crippen molar-refractivity contribution in [3.63, 3.8) is 0 Å². The summed E-state index contributed by atoms with van der Waals surface area (Å²) in [6.45, 7) is 3.33. The van der Waals surface area contributed by atoms with Gasteiger partial charge >= 0.3 is 6.16 Å². The van der Waals surface area contributed by atoms with E-state index in [9.17, 15) is 9.59 Å². The number of nitrogens with zero attached hydrogens (tertiary/aromatic N) is 1. The fourth-order valence-electron chi connectivity index (χ4n) is 1.98. The Morgan fingerprint density at radius 2 is 2.08 bits per heavy atom. The van der Waals surface area contributed by atoms with Crippen LogP contribution in [-0.4, -0.2) is 34.5 Å². The number of hydrogen-bond acceptors (Lipinski definition) is 8. The first-order valence-electron chi connectivity index (χ1n) is 7.10. The van der Waals surface area contributed by atoms with E-state index in [1.54, 1.807) is 32.0 Å². The zero-order valence-electron chi connectivity index (χ0n) is 13.3. The van der Waals surface area contributed by atoms with Crippen LogP contribution in [0.3, 0.4) is 0 Å². The van der Waals surface area contributed by atoms with Gasteiger partial charge in [0.2, 0.25) is 12.7 Å². The van der Waals surface area contributed by atoms with Gasteiger partial charge < -0.3 is 24.1 Å². The number of amides is 1. The Bertz CT molecular complexity index is 818. The van der Waals surface area contributed by atoms with Gasteiger partial charge in [-0.3, -0.25) is 10.1 Å². The lowest BCUT2D eigenvalue weighted by Crippen LogP contribution is -2.42. The fourth-order valence-corrected chi connectivity index (χ4v) is 2.59. The molecule has 0 saturated heterocycles. The van der Waals surface area contributed by atoms with Crippen LogP contribution in [0.25, 0.3) is 0 Å². The van der Waals surface area contributed by atoms with E-state index in [-0.39, 0.29) is 17.8 Å². The summed E-state index contributed by atoms with van der Waals surface area (Å²) in [5.41, 5.74) is -1.22. The van der Waals surface area contributed by atoms with Crippen molar-refractivity contribution in [3.05, 3.63) is 23.6 Å². The van der Waals surface area contributed by atoms with Crippen molar-refractivity contribution in [2.45, 2.75) is 19.4 Å². The predicted octanol–water partition coefficient (Wildman–Crippen LogP) is 2.72. The smallest absolute Gasteiger partial charge is 0.478 e. The maximum absolute atomic E-state index is 12.4. The number of carboxylic acid groups (broad SMARTS) is 1. The molecule has 0 fully saturated rings. The first kappa shape index (κ1) is 16.8. The van der Waals surface area contributed by atoms with Gasteiger partial charge in [0.15, 0.2) is 22.2 Å². The quantitative estimate of drug-likeness (QED) is 0.776.